The molecule has 2 aromatic rings. The molecule has 0 atom stereocenters. The van der Waals surface area contributed by atoms with Crippen LogP contribution < -0.4 is 10.1 Å². The van der Waals surface area contributed by atoms with Gasteiger partial charge in [0.05, 0.1) is 12.8 Å². The second kappa shape index (κ2) is 4.30. The fraction of sp³-hybridized carbons (Fsp3) is 0.167. The van der Waals surface area contributed by atoms with Gasteiger partial charge in [0.15, 0.2) is 5.13 Å². The van der Waals surface area contributed by atoms with Crippen molar-refractivity contribution in [3.63, 3.8) is 0 Å². The summed E-state index contributed by atoms with van der Waals surface area (Å²) < 4.78 is 5.42. The minimum atomic E-state index is -0.956. The van der Waals surface area contributed by atoms with Gasteiger partial charge in [0.1, 0.15) is 10.6 Å². The van der Waals surface area contributed by atoms with E-state index in [0.29, 0.717) is 5.13 Å². The molecule has 1 aromatic carbocycles. The summed E-state index contributed by atoms with van der Waals surface area (Å²) in [5.74, 6) is -0.0335. The standard InChI is InChI=1S/C12H10N2O3S/c15-11(16)10-6-13-12(18-10)14-8-1-2-9-7(5-8)3-4-17-9/h1-2,5-6H,3-4H2,(H,13,14)(H,15,16). The van der Waals surface area contributed by atoms with Gasteiger partial charge in [-0.25, -0.2) is 9.78 Å². The minimum Gasteiger partial charge on any atom is -0.493 e. The van der Waals surface area contributed by atoms with Gasteiger partial charge in [-0.3, -0.25) is 0 Å². The lowest BCUT2D eigenvalue weighted by Gasteiger charge is -2.04. The molecule has 5 nitrogen and oxygen atoms in total. The van der Waals surface area contributed by atoms with Gasteiger partial charge in [0, 0.05) is 12.1 Å². The van der Waals surface area contributed by atoms with E-state index >= 15 is 0 Å². The SMILES string of the molecule is O=C(O)c1cnc(Nc2ccc3c(c2)CCO3)s1. The summed E-state index contributed by atoms with van der Waals surface area (Å²) in [6, 6.07) is 5.81. The van der Waals surface area contributed by atoms with Crippen LogP contribution in [0.4, 0.5) is 10.8 Å². The first-order valence-corrected chi connectivity index (χ1v) is 6.26. The summed E-state index contributed by atoms with van der Waals surface area (Å²) in [7, 11) is 0. The maximum atomic E-state index is 10.7. The topological polar surface area (TPSA) is 71.5 Å². The molecule has 0 amide bonds. The van der Waals surface area contributed by atoms with E-state index < -0.39 is 5.97 Å². The third-order valence-electron chi connectivity index (χ3n) is 2.66. The molecule has 0 spiro atoms. The number of ether oxygens (including phenoxy) is 1. The second-order valence-electron chi connectivity index (χ2n) is 3.88. The monoisotopic (exact) mass is 262 g/mol. The van der Waals surface area contributed by atoms with E-state index in [9.17, 15) is 4.79 Å². The average Bonchev–Trinajstić information content (AvgIpc) is 2.96. The number of aromatic carboxylic acids is 1. The number of carbonyl (C=O) groups is 1. The third-order valence-corrected chi connectivity index (χ3v) is 3.56. The second-order valence-corrected chi connectivity index (χ2v) is 4.91. The van der Waals surface area contributed by atoms with Crippen LogP contribution in [0.15, 0.2) is 24.4 Å². The Bertz CT molecular complexity index is 609. The number of carboxylic acids is 1. The van der Waals surface area contributed by atoms with E-state index in [1.54, 1.807) is 0 Å². The normalized spacial score (nSPS) is 12.9. The predicted molar refractivity (Wildman–Crippen MR) is 68.0 cm³/mol. The number of nitrogens with zero attached hydrogens (tertiary/aromatic N) is 1. The van der Waals surface area contributed by atoms with Crippen molar-refractivity contribution in [3.05, 3.63) is 34.8 Å². The smallest absolute Gasteiger partial charge is 0.347 e. The van der Waals surface area contributed by atoms with Crippen LogP contribution in [-0.4, -0.2) is 22.7 Å². The number of nitrogens with one attached hydrogen (secondary N) is 1. The maximum Gasteiger partial charge on any atom is 0.347 e. The van der Waals surface area contributed by atoms with Crippen LogP contribution in [0.25, 0.3) is 0 Å². The largest absolute Gasteiger partial charge is 0.493 e. The van der Waals surface area contributed by atoms with Crippen molar-refractivity contribution in [3.8, 4) is 5.75 Å². The fourth-order valence-electron chi connectivity index (χ4n) is 1.82. The fourth-order valence-corrected chi connectivity index (χ4v) is 2.49. The summed E-state index contributed by atoms with van der Waals surface area (Å²) in [5.41, 5.74) is 2.06. The minimum absolute atomic E-state index is 0.224. The first-order valence-electron chi connectivity index (χ1n) is 5.44. The molecule has 0 radical (unpaired) electrons. The molecule has 0 aliphatic carbocycles. The van der Waals surface area contributed by atoms with Crippen molar-refractivity contribution in [1.82, 2.24) is 4.98 Å². The molecule has 2 N–H and O–H groups in total. The Balaban J connectivity index is 1.81. The Morgan fingerprint density at radius 3 is 3.17 bits per heavy atom. The Morgan fingerprint density at radius 1 is 1.50 bits per heavy atom. The summed E-state index contributed by atoms with van der Waals surface area (Å²) in [5, 5.41) is 12.5. The van der Waals surface area contributed by atoms with Crippen LogP contribution in [0.1, 0.15) is 15.2 Å². The number of aromatic nitrogens is 1. The molecule has 18 heavy (non-hydrogen) atoms. The van der Waals surface area contributed by atoms with Crippen molar-refractivity contribution in [1.29, 1.82) is 0 Å². The lowest BCUT2D eigenvalue weighted by atomic mass is 10.1. The van der Waals surface area contributed by atoms with Gasteiger partial charge in [-0.1, -0.05) is 11.3 Å². The van der Waals surface area contributed by atoms with E-state index in [2.05, 4.69) is 10.3 Å². The predicted octanol–water partition coefficient (Wildman–Crippen LogP) is 2.52. The summed E-state index contributed by atoms with van der Waals surface area (Å²) in [4.78, 5) is 15.0. The van der Waals surface area contributed by atoms with Gasteiger partial charge < -0.3 is 15.2 Å². The van der Waals surface area contributed by atoms with Gasteiger partial charge in [0.25, 0.3) is 0 Å². The highest BCUT2D eigenvalue weighted by Gasteiger charge is 2.13. The summed E-state index contributed by atoms with van der Waals surface area (Å²) in [6.45, 7) is 0.721. The van der Waals surface area contributed by atoms with Crippen LogP contribution in [0, 0.1) is 0 Å². The molecule has 6 heteroatoms. The quantitative estimate of drug-likeness (QED) is 0.889. The average molecular weight is 262 g/mol. The lowest BCUT2D eigenvalue weighted by Crippen LogP contribution is -1.90. The van der Waals surface area contributed by atoms with E-state index in [-0.39, 0.29) is 4.88 Å². The number of anilines is 2. The number of hydrogen-bond acceptors (Lipinski definition) is 5. The zero-order valence-corrected chi connectivity index (χ0v) is 10.2. The third kappa shape index (κ3) is 2.02. The molecule has 3 rings (SSSR count). The summed E-state index contributed by atoms with van der Waals surface area (Å²) in [6.07, 6.45) is 2.26. The van der Waals surface area contributed by atoms with Gasteiger partial charge in [-0.05, 0) is 23.8 Å². The lowest BCUT2D eigenvalue weighted by molar-refractivity contribution is 0.0702. The highest BCUT2D eigenvalue weighted by molar-refractivity contribution is 7.17. The van der Waals surface area contributed by atoms with Crippen molar-refractivity contribution in [2.45, 2.75) is 6.42 Å². The number of benzene rings is 1. The van der Waals surface area contributed by atoms with Crippen molar-refractivity contribution < 1.29 is 14.6 Å². The van der Waals surface area contributed by atoms with Gasteiger partial charge in [-0.15, -0.1) is 0 Å². The molecule has 0 saturated carbocycles. The number of carboxylic acid groups (broad SMARTS) is 1. The Kier molecular flexibility index (Phi) is 2.64. The zero-order chi connectivity index (χ0) is 12.5. The highest BCUT2D eigenvalue weighted by Crippen LogP contribution is 2.30. The van der Waals surface area contributed by atoms with Gasteiger partial charge in [0.2, 0.25) is 0 Å². The zero-order valence-electron chi connectivity index (χ0n) is 9.34. The number of hydrogen-bond donors (Lipinski definition) is 2. The molecule has 1 aromatic heterocycles. The summed E-state index contributed by atoms with van der Waals surface area (Å²) >= 11 is 1.12. The first-order chi connectivity index (χ1) is 8.72. The van der Waals surface area contributed by atoms with Gasteiger partial charge in [-0.2, -0.15) is 0 Å². The molecular weight excluding hydrogens is 252 g/mol. The van der Waals surface area contributed by atoms with E-state index in [1.165, 1.54) is 6.20 Å². The molecule has 0 saturated heterocycles. The van der Waals surface area contributed by atoms with E-state index in [0.717, 1.165) is 41.4 Å². The Hall–Kier alpha value is -2.08. The first kappa shape index (κ1) is 11.0. The van der Waals surface area contributed by atoms with Crippen LogP contribution in [-0.2, 0) is 6.42 Å². The van der Waals surface area contributed by atoms with Crippen molar-refractivity contribution >= 4 is 28.1 Å². The molecule has 0 unspecified atom stereocenters. The molecule has 1 aliphatic rings. The molecule has 0 fully saturated rings. The molecule has 2 heterocycles. The van der Waals surface area contributed by atoms with Crippen LogP contribution in [0.5, 0.6) is 5.75 Å². The van der Waals surface area contributed by atoms with Crippen molar-refractivity contribution in [2.75, 3.05) is 11.9 Å². The van der Waals surface area contributed by atoms with Gasteiger partial charge >= 0.3 is 5.97 Å². The molecule has 0 bridgehead atoms. The number of fused-ring (bicyclic) bond motifs is 1. The Morgan fingerprint density at radius 2 is 2.39 bits per heavy atom. The van der Waals surface area contributed by atoms with Crippen LogP contribution in [0.2, 0.25) is 0 Å². The van der Waals surface area contributed by atoms with Crippen molar-refractivity contribution in [2.24, 2.45) is 0 Å². The molecule has 92 valence electrons. The molecular formula is C12H10N2O3S. The molecule has 1 aliphatic heterocycles. The highest BCUT2D eigenvalue weighted by atomic mass is 32.1. The Labute approximate surface area is 107 Å². The maximum absolute atomic E-state index is 10.7. The van der Waals surface area contributed by atoms with E-state index in [4.69, 9.17) is 9.84 Å². The van der Waals surface area contributed by atoms with Crippen LogP contribution in [0.3, 0.4) is 0 Å². The van der Waals surface area contributed by atoms with Crippen LogP contribution >= 0.6 is 11.3 Å². The number of thiazole rings is 1. The van der Waals surface area contributed by atoms with E-state index in [1.807, 2.05) is 18.2 Å². The number of rotatable bonds is 3.